The molecule has 1 saturated heterocycles. The maximum absolute atomic E-state index is 12.7. The van der Waals surface area contributed by atoms with Crippen LogP contribution in [-0.2, 0) is 6.54 Å². The van der Waals surface area contributed by atoms with E-state index in [0.29, 0.717) is 0 Å². The zero-order valence-electron chi connectivity index (χ0n) is 15.0. The molecule has 1 aliphatic rings. The van der Waals surface area contributed by atoms with Crippen LogP contribution in [0.3, 0.4) is 0 Å². The van der Waals surface area contributed by atoms with Crippen LogP contribution in [-0.4, -0.2) is 41.9 Å². The van der Waals surface area contributed by atoms with Gasteiger partial charge < -0.3 is 4.90 Å². The van der Waals surface area contributed by atoms with Crippen LogP contribution in [0.15, 0.2) is 46.9 Å². The molecule has 3 nitrogen and oxygen atoms in total. The predicted octanol–water partition coefficient (Wildman–Crippen LogP) is 4.41. The summed E-state index contributed by atoms with van der Waals surface area (Å²) in [5, 5.41) is 0. The number of hydrogen-bond donors (Lipinski definition) is 0. The Balaban J connectivity index is 1.62. The SMILES string of the molecule is Cc1ccc(CN2CCCN(C(=O)c3cccc(Br)c3)CC2)cc1C. The van der Waals surface area contributed by atoms with E-state index >= 15 is 0 Å². The molecule has 1 heterocycles. The predicted molar refractivity (Wildman–Crippen MR) is 106 cm³/mol. The minimum atomic E-state index is 0.134. The van der Waals surface area contributed by atoms with Gasteiger partial charge in [0.2, 0.25) is 0 Å². The van der Waals surface area contributed by atoms with Crippen molar-refractivity contribution in [2.45, 2.75) is 26.8 Å². The molecule has 25 heavy (non-hydrogen) atoms. The van der Waals surface area contributed by atoms with Crippen molar-refractivity contribution in [3.8, 4) is 0 Å². The number of aryl methyl sites for hydroxylation is 2. The molecule has 0 unspecified atom stereocenters. The van der Waals surface area contributed by atoms with E-state index in [9.17, 15) is 4.79 Å². The Morgan fingerprint density at radius 2 is 1.84 bits per heavy atom. The lowest BCUT2D eigenvalue weighted by atomic mass is 10.1. The molecular formula is C21H25BrN2O. The van der Waals surface area contributed by atoms with Crippen molar-refractivity contribution in [2.24, 2.45) is 0 Å². The van der Waals surface area contributed by atoms with Crippen LogP contribution < -0.4 is 0 Å². The highest BCUT2D eigenvalue weighted by molar-refractivity contribution is 9.10. The second kappa shape index (κ2) is 8.15. The summed E-state index contributed by atoms with van der Waals surface area (Å²) >= 11 is 3.45. The van der Waals surface area contributed by atoms with Gasteiger partial charge in [-0.1, -0.05) is 40.2 Å². The van der Waals surface area contributed by atoms with Gasteiger partial charge in [0.05, 0.1) is 0 Å². The molecule has 0 spiro atoms. The van der Waals surface area contributed by atoms with Crippen molar-refractivity contribution in [2.75, 3.05) is 26.2 Å². The quantitative estimate of drug-likeness (QED) is 0.761. The van der Waals surface area contributed by atoms with Crippen LogP contribution in [0.25, 0.3) is 0 Å². The third-order valence-corrected chi connectivity index (χ3v) is 5.42. The number of carbonyl (C=O) groups is 1. The molecule has 1 fully saturated rings. The Morgan fingerprint density at radius 1 is 1.00 bits per heavy atom. The highest BCUT2D eigenvalue weighted by Gasteiger charge is 2.20. The van der Waals surface area contributed by atoms with Crippen molar-refractivity contribution >= 4 is 21.8 Å². The largest absolute Gasteiger partial charge is 0.337 e. The van der Waals surface area contributed by atoms with Gasteiger partial charge in [-0.05, 0) is 55.2 Å². The minimum Gasteiger partial charge on any atom is -0.337 e. The average molecular weight is 401 g/mol. The fourth-order valence-corrected chi connectivity index (χ4v) is 3.70. The van der Waals surface area contributed by atoms with Crippen LogP contribution in [0.1, 0.15) is 33.5 Å². The molecule has 132 valence electrons. The average Bonchev–Trinajstić information content (AvgIpc) is 2.83. The Kier molecular flexibility index (Phi) is 5.92. The van der Waals surface area contributed by atoms with Crippen LogP contribution >= 0.6 is 15.9 Å². The molecule has 0 aromatic heterocycles. The third kappa shape index (κ3) is 4.71. The molecule has 1 amide bonds. The number of hydrogen-bond acceptors (Lipinski definition) is 2. The normalized spacial score (nSPS) is 15.9. The summed E-state index contributed by atoms with van der Waals surface area (Å²) in [6.45, 7) is 8.85. The van der Waals surface area contributed by atoms with E-state index in [-0.39, 0.29) is 5.91 Å². The first-order chi connectivity index (χ1) is 12.0. The van der Waals surface area contributed by atoms with Gasteiger partial charge in [-0.15, -0.1) is 0 Å². The van der Waals surface area contributed by atoms with Gasteiger partial charge in [-0.25, -0.2) is 0 Å². The van der Waals surface area contributed by atoms with E-state index in [1.807, 2.05) is 29.2 Å². The van der Waals surface area contributed by atoms with Gasteiger partial charge in [-0.2, -0.15) is 0 Å². The summed E-state index contributed by atoms with van der Waals surface area (Å²) in [6, 6.07) is 14.4. The number of nitrogens with zero attached hydrogens (tertiary/aromatic N) is 2. The first-order valence-corrected chi connectivity index (χ1v) is 9.65. The van der Waals surface area contributed by atoms with E-state index in [0.717, 1.165) is 49.2 Å². The lowest BCUT2D eigenvalue weighted by Crippen LogP contribution is -2.35. The standard InChI is InChI=1S/C21H25BrN2O/c1-16-7-8-18(13-17(16)2)15-23-9-4-10-24(12-11-23)21(25)19-5-3-6-20(22)14-19/h3,5-8,13-14H,4,9-12,15H2,1-2H3. The van der Waals surface area contributed by atoms with Gasteiger partial charge in [0.25, 0.3) is 5.91 Å². The topological polar surface area (TPSA) is 23.6 Å². The Hall–Kier alpha value is -1.65. The number of amides is 1. The third-order valence-electron chi connectivity index (χ3n) is 4.92. The molecule has 0 atom stereocenters. The molecule has 4 heteroatoms. The summed E-state index contributed by atoms with van der Waals surface area (Å²) in [6.07, 6.45) is 1.02. The van der Waals surface area contributed by atoms with Gasteiger partial charge in [-0.3, -0.25) is 9.69 Å². The van der Waals surface area contributed by atoms with E-state index in [4.69, 9.17) is 0 Å². The molecule has 0 N–H and O–H groups in total. The van der Waals surface area contributed by atoms with E-state index < -0.39 is 0 Å². The Morgan fingerprint density at radius 3 is 2.60 bits per heavy atom. The molecule has 3 rings (SSSR count). The maximum Gasteiger partial charge on any atom is 0.253 e. The first kappa shape index (κ1) is 18.2. The van der Waals surface area contributed by atoms with Crippen molar-refractivity contribution in [1.82, 2.24) is 9.80 Å². The van der Waals surface area contributed by atoms with Gasteiger partial charge in [0, 0.05) is 42.8 Å². The van der Waals surface area contributed by atoms with Crippen molar-refractivity contribution in [3.63, 3.8) is 0 Å². The fraction of sp³-hybridized carbons (Fsp3) is 0.381. The van der Waals surface area contributed by atoms with Crippen LogP contribution in [0.2, 0.25) is 0 Å². The van der Waals surface area contributed by atoms with Crippen molar-refractivity contribution < 1.29 is 4.79 Å². The summed E-state index contributed by atoms with van der Waals surface area (Å²) in [5.74, 6) is 0.134. The molecule has 0 aliphatic carbocycles. The van der Waals surface area contributed by atoms with Gasteiger partial charge in [0.1, 0.15) is 0 Å². The molecule has 0 bridgehead atoms. The molecule has 0 saturated carbocycles. The Bertz CT molecular complexity index is 759. The first-order valence-electron chi connectivity index (χ1n) is 8.86. The highest BCUT2D eigenvalue weighted by Crippen LogP contribution is 2.16. The van der Waals surface area contributed by atoms with Crippen molar-refractivity contribution in [1.29, 1.82) is 0 Å². The van der Waals surface area contributed by atoms with Crippen LogP contribution in [0, 0.1) is 13.8 Å². The summed E-state index contributed by atoms with van der Waals surface area (Å²) in [5.41, 5.74) is 4.80. The number of carbonyl (C=O) groups excluding carboxylic acids is 1. The van der Waals surface area contributed by atoms with Crippen molar-refractivity contribution in [3.05, 3.63) is 69.2 Å². The monoisotopic (exact) mass is 400 g/mol. The lowest BCUT2D eigenvalue weighted by Gasteiger charge is -2.22. The second-order valence-corrected chi connectivity index (χ2v) is 7.77. The van der Waals surface area contributed by atoms with Crippen LogP contribution in [0.4, 0.5) is 0 Å². The Labute approximate surface area is 158 Å². The number of benzene rings is 2. The fourth-order valence-electron chi connectivity index (χ4n) is 3.30. The number of rotatable bonds is 3. The summed E-state index contributed by atoms with van der Waals surface area (Å²) < 4.78 is 0.949. The summed E-state index contributed by atoms with van der Waals surface area (Å²) in [7, 11) is 0. The molecule has 0 radical (unpaired) electrons. The molecule has 2 aromatic carbocycles. The maximum atomic E-state index is 12.7. The van der Waals surface area contributed by atoms with Gasteiger partial charge in [0.15, 0.2) is 0 Å². The lowest BCUT2D eigenvalue weighted by molar-refractivity contribution is 0.0761. The highest BCUT2D eigenvalue weighted by atomic mass is 79.9. The van der Waals surface area contributed by atoms with Gasteiger partial charge >= 0.3 is 0 Å². The van der Waals surface area contributed by atoms with Crippen LogP contribution in [0.5, 0.6) is 0 Å². The van der Waals surface area contributed by atoms with E-state index in [1.54, 1.807) is 0 Å². The van der Waals surface area contributed by atoms with E-state index in [2.05, 4.69) is 52.9 Å². The number of halogens is 1. The minimum absolute atomic E-state index is 0.134. The summed E-state index contributed by atoms with van der Waals surface area (Å²) in [4.78, 5) is 17.2. The smallest absolute Gasteiger partial charge is 0.253 e. The van der Waals surface area contributed by atoms with E-state index in [1.165, 1.54) is 16.7 Å². The second-order valence-electron chi connectivity index (χ2n) is 6.85. The molecule has 2 aromatic rings. The molecule has 1 aliphatic heterocycles. The zero-order chi connectivity index (χ0) is 17.8. The zero-order valence-corrected chi connectivity index (χ0v) is 16.6. The molecular weight excluding hydrogens is 376 g/mol.